The highest BCUT2D eigenvalue weighted by molar-refractivity contribution is 5.91. The second-order valence-electron chi connectivity index (χ2n) is 5.99. The fourth-order valence-corrected chi connectivity index (χ4v) is 2.87. The summed E-state index contributed by atoms with van der Waals surface area (Å²) in [5, 5.41) is 4.43. The summed E-state index contributed by atoms with van der Waals surface area (Å²) in [4.78, 5) is 23.9. The van der Waals surface area contributed by atoms with Crippen LogP contribution in [0.15, 0.2) is 30.3 Å². The molecule has 0 unspecified atom stereocenters. The fraction of sp³-hybridized carbons (Fsp3) is 0.389. The van der Waals surface area contributed by atoms with Gasteiger partial charge in [-0.1, -0.05) is 18.2 Å². The third kappa shape index (κ3) is 3.32. The third-order valence-corrected chi connectivity index (χ3v) is 3.81. The second-order valence-corrected chi connectivity index (χ2v) is 5.99. The Bertz CT molecular complexity index is 750. The molecule has 3 rings (SSSR count). The molecule has 0 aliphatic heterocycles. The summed E-state index contributed by atoms with van der Waals surface area (Å²) in [5.74, 6) is -1.14. The van der Waals surface area contributed by atoms with Gasteiger partial charge in [0.05, 0.1) is 11.8 Å². The van der Waals surface area contributed by atoms with Gasteiger partial charge in [-0.2, -0.15) is 5.10 Å². The van der Waals surface area contributed by atoms with E-state index in [1.807, 2.05) is 30.3 Å². The van der Waals surface area contributed by atoms with Crippen molar-refractivity contribution in [2.24, 2.45) is 0 Å². The summed E-state index contributed by atoms with van der Waals surface area (Å²) in [6, 6.07) is 9.68. The van der Waals surface area contributed by atoms with Gasteiger partial charge in [0.1, 0.15) is 0 Å². The van der Waals surface area contributed by atoms with E-state index in [9.17, 15) is 9.59 Å². The van der Waals surface area contributed by atoms with Crippen molar-refractivity contribution in [3.05, 3.63) is 47.3 Å². The summed E-state index contributed by atoms with van der Waals surface area (Å²) < 4.78 is 11.8. The van der Waals surface area contributed by atoms with Crippen LogP contribution in [0.1, 0.15) is 42.0 Å². The predicted molar refractivity (Wildman–Crippen MR) is 87.1 cm³/mol. The first kappa shape index (κ1) is 16.2. The Morgan fingerprint density at radius 2 is 1.96 bits per heavy atom. The van der Waals surface area contributed by atoms with Crippen molar-refractivity contribution in [3.63, 3.8) is 0 Å². The largest absolute Gasteiger partial charge is 0.460 e. The maximum atomic E-state index is 12.3. The molecular formula is C18H20N2O4. The molecule has 1 heterocycles. The highest BCUT2D eigenvalue weighted by Gasteiger charge is 2.28. The van der Waals surface area contributed by atoms with E-state index in [1.165, 1.54) is 0 Å². The maximum Gasteiger partial charge on any atom is 0.359 e. The summed E-state index contributed by atoms with van der Waals surface area (Å²) in [6.07, 6.45) is 2.41. The van der Waals surface area contributed by atoms with E-state index in [2.05, 4.69) is 5.10 Å². The van der Waals surface area contributed by atoms with Crippen LogP contribution in [0.3, 0.4) is 0 Å². The number of benzene rings is 1. The highest BCUT2D eigenvalue weighted by atomic mass is 16.6. The van der Waals surface area contributed by atoms with Crippen molar-refractivity contribution in [1.82, 2.24) is 9.78 Å². The van der Waals surface area contributed by atoms with Crippen LogP contribution in [0.5, 0.6) is 0 Å². The predicted octanol–water partition coefficient (Wildman–Crippen LogP) is 2.47. The zero-order chi connectivity index (χ0) is 17.1. The average molecular weight is 328 g/mol. The van der Waals surface area contributed by atoms with Gasteiger partial charge in [-0.05, 0) is 45.2 Å². The standard InChI is InChI=1S/C18H20N2O4/c1-12(2)24-16(21)11-23-18(22)17-14-9-6-10-15(14)20(19-17)13-7-4-3-5-8-13/h3-5,7-8,12H,6,9-11H2,1-2H3. The average Bonchev–Trinajstić information content (AvgIpc) is 3.15. The Kier molecular flexibility index (Phi) is 4.64. The Labute approximate surface area is 140 Å². The first-order valence-corrected chi connectivity index (χ1v) is 8.09. The molecule has 1 aliphatic rings. The number of esters is 2. The number of ether oxygens (including phenoxy) is 2. The van der Waals surface area contributed by atoms with Crippen molar-refractivity contribution >= 4 is 11.9 Å². The van der Waals surface area contributed by atoms with E-state index in [0.29, 0.717) is 5.69 Å². The first-order chi connectivity index (χ1) is 11.6. The summed E-state index contributed by atoms with van der Waals surface area (Å²) >= 11 is 0. The monoisotopic (exact) mass is 328 g/mol. The van der Waals surface area contributed by atoms with E-state index in [4.69, 9.17) is 9.47 Å². The lowest BCUT2D eigenvalue weighted by atomic mass is 10.2. The molecule has 6 heteroatoms. The van der Waals surface area contributed by atoms with Gasteiger partial charge in [-0.15, -0.1) is 0 Å². The lowest BCUT2D eigenvalue weighted by Crippen LogP contribution is -2.20. The van der Waals surface area contributed by atoms with Gasteiger partial charge in [0.2, 0.25) is 0 Å². The SMILES string of the molecule is CC(C)OC(=O)COC(=O)c1nn(-c2ccccc2)c2c1CCC2. The molecule has 24 heavy (non-hydrogen) atoms. The van der Waals surface area contributed by atoms with Gasteiger partial charge in [-0.25, -0.2) is 14.3 Å². The number of nitrogens with zero attached hydrogens (tertiary/aromatic N) is 2. The minimum absolute atomic E-state index is 0.238. The van der Waals surface area contributed by atoms with Crippen LogP contribution in [0.4, 0.5) is 0 Å². The van der Waals surface area contributed by atoms with Gasteiger partial charge in [0.15, 0.2) is 12.3 Å². The molecule has 6 nitrogen and oxygen atoms in total. The Morgan fingerprint density at radius 3 is 2.67 bits per heavy atom. The minimum Gasteiger partial charge on any atom is -0.460 e. The van der Waals surface area contributed by atoms with Crippen LogP contribution in [0.2, 0.25) is 0 Å². The maximum absolute atomic E-state index is 12.3. The van der Waals surface area contributed by atoms with Crippen molar-refractivity contribution in [1.29, 1.82) is 0 Å². The number of carbonyl (C=O) groups excluding carboxylic acids is 2. The summed E-state index contributed by atoms with van der Waals surface area (Å²) in [6.45, 7) is 3.09. The van der Waals surface area contributed by atoms with Crippen molar-refractivity contribution in [2.45, 2.75) is 39.2 Å². The topological polar surface area (TPSA) is 70.4 Å². The molecule has 2 aromatic rings. The number of aromatic nitrogens is 2. The molecule has 0 bridgehead atoms. The van der Waals surface area contributed by atoms with Gasteiger partial charge in [0.25, 0.3) is 0 Å². The van der Waals surface area contributed by atoms with Crippen molar-refractivity contribution < 1.29 is 19.1 Å². The molecule has 0 saturated carbocycles. The molecule has 0 amide bonds. The van der Waals surface area contributed by atoms with E-state index >= 15 is 0 Å². The van der Waals surface area contributed by atoms with E-state index in [1.54, 1.807) is 18.5 Å². The minimum atomic E-state index is -0.580. The highest BCUT2D eigenvalue weighted by Crippen LogP contribution is 2.28. The number of rotatable bonds is 5. The molecular weight excluding hydrogens is 308 g/mol. The summed E-state index contributed by atoms with van der Waals surface area (Å²) in [5.41, 5.74) is 3.16. The number of hydrogen-bond acceptors (Lipinski definition) is 5. The van der Waals surface area contributed by atoms with E-state index in [0.717, 1.165) is 36.2 Å². The number of fused-ring (bicyclic) bond motifs is 1. The second kappa shape index (κ2) is 6.86. The van der Waals surface area contributed by atoms with Crippen LogP contribution in [-0.2, 0) is 27.1 Å². The fourth-order valence-electron chi connectivity index (χ4n) is 2.87. The summed E-state index contributed by atoms with van der Waals surface area (Å²) in [7, 11) is 0. The zero-order valence-corrected chi connectivity index (χ0v) is 13.8. The zero-order valence-electron chi connectivity index (χ0n) is 13.8. The van der Waals surface area contributed by atoms with Crippen LogP contribution in [0.25, 0.3) is 5.69 Å². The van der Waals surface area contributed by atoms with Gasteiger partial charge < -0.3 is 9.47 Å². The number of hydrogen-bond donors (Lipinski definition) is 0. The van der Waals surface area contributed by atoms with E-state index < -0.39 is 18.5 Å². The molecule has 126 valence electrons. The van der Waals surface area contributed by atoms with Crippen molar-refractivity contribution in [3.8, 4) is 5.69 Å². The Balaban J connectivity index is 1.79. The molecule has 0 fully saturated rings. The van der Waals surface area contributed by atoms with Crippen molar-refractivity contribution in [2.75, 3.05) is 6.61 Å². The molecule has 0 saturated heterocycles. The molecule has 0 spiro atoms. The normalized spacial score (nSPS) is 13.0. The smallest absolute Gasteiger partial charge is 0.359 e. The van der Waals surface area contributed by atoms with Crippen LogP contribution < -0.4 is 0 Å². The molecule has 0 atom stereocenters. The first-order valence-electron chi connectivity index (χ1n) is 8.09. The van der Waals surface area contributed by atoms with E-state index in [-0.39, 0.29) is 6.10 Å². The molecule has 1 aromatic heterocycles. The Hall–Kier alpha value is -2.63. The van der Waals surface area contributed by atoms with Gasteiger partial charge in [-0.3, -0.25) is 0 Å². The molecule has 1 aliphatic carbocycles. The molecule has 1 aromatic carbocycles. The van der Waals surface area contributed by atoms with Crippen LogP contribution >= 0.6 is 0 Å². The van der Waals surface area contributed by atoms with Gasteiger partial charge >= 0.3 is 11.9 Å². The lowest BCUT2D eigenvalue weighted by Gasteiger charge is -2.08. The van der Waals surface area contributed by atoms with Crippen LogP contribution in [-0.4, -0.2) is 34.4 Å². The third-order valence-electron chi connectivity index (χ3n) is 3.81. The lowest BCUT2D eigenvalue weighted by molar-refractivity contribution is -0.151. The molecule has 0 radical (unpaired) electrons. The van der Waals surface area contributed by atoms with Crippen LogP contribution in [0, 0.1) is 0 Å². The van der Waals surface area contributed by atoms with Gasteiger partial charge in [0, 0.05) is 11.3 Å². The number of para-hydroxylation sites is 1. The quantitative estimate of drug-likeness (QED) is 0.789. The Morgan fingerprint density at radius 1 is 1.21 bits per heavy atom. The molecule has 0 N–H and O–H groups in total. The number of carbonyl (C=O) groups is 2.